The fourth-order valence-corrected chi connectivity index (χ4v) is 3.73. The zero-order valence-electron chi connectivity index (χ0n) is 17.3. The Morgan fingerprint density at radius 2 is 1.97 bits per heavy atom. The molecule has 1 fully saturated rings. The Bertz CT molecular complexity index is 862. The van der Waals surface area contributed by atoms with Crippen LogP contribution in [0.1, 0.15) is 24.0 Å². The van der Waals surface area contributed by atoms with Crippen LogP contribution in [0.2, 0.25) is 5.02 Å². The minimum absolute atomic E-state index is 0.0322. The first-order valence-corrected chi connectivity index (χ1v) is 10.6. The first kappa shape index (κ1) is 21.9. The minimum atomic E-state index is -0.203. The van der Waals surface area contributed by atoms with Gasteiger partial charge in [-0.05, 0) is 43.0 Å². The summed E-state index contributed by atoms with van der Waals surface area (Å²) in [5.74, 6) is 1.46. The van der Waals surface area contributed by atoms with Gasteiger partial charge in [0, 0.05) is 55.9 Å². The SMILES string of the molecule is CN=C(NCCc1ccc(Cl)cc1)NCc1cccnc1N1CCC(C(N)=O)CC1. The molecule has 0 aliphatic carbocycles. The van der Waals surface area contributed by atoms with E-state index in [2.05, 4.69) is 31.6 Å². The molecule has 1 aliphatic rings. The smallest absolute Gasteiger partial charge is 0.220 e. The number of rotatable bonds is 7. The highest BCUT2D eigenvalue weighted by Gasteiger charge is 2.24. The van der Waals surface area contributed by atoms with Crippen LogP contribution in [0, 0.1) is 5.92 Å². The van der Waals surface area contributed by atoms with Gasteiger partial charge in [-0.3, -0.25) is 9.79 Å². The van der Waals surface area contributed by atoms with Gasteiger partial charge in [-0.1, -0.05) is 29.8 Å². The van der Waals surface area contributed by atoms with Gasteiger partial charge in [0.05, 0.1) is 0 Å². The number of guanidine groups is 1. The van der Waals surface area contributed by atoms with Crippen molar-refractivity contribution in [1.29, 1.82) is 0 Å². The maximum absolute atomic E-state index is 11.4. The number of hydrogen-bond donors (Lipinski definition) is 3. The maximum atomic E-state index is 11.4. The molecule has 0 radical (unpaired) electrons. The van der Waals surface area contributed by atoms with Crippen LogP contribution in [0.15, 0.2) is 47.6 Å². The second kappa shape index (κ2) is 10.8. The molecule has 4 N–H and O–H groups in total. The number of hydrogen-bond acceptors (Lipinski definition) is 4. The van der Waals surface area contributed by atoms with Gasteiger partial charge >= 0.3 is 0 Å². The van der Waals surface area contributed by atoms with Gasteiger partial charge in [-0.2, -0.15) is 0 Å². The topological polar surface area (TPSA) is 95.6 Å². The molecule has 0 saturated carbocycles. The van der Waals surface area contributed by atoms with Gasteiger partial charge in [0.15, 0.2) is 5.96 Å². The second-order valence-electron chi connectivity index (χ2n) is 7.38. The molecule has 1 amide bonds. The number of nitrogens with two attached hydrogens (primary N) is 1. The van der Waals surface area contributed by atoms with E-state index in [0.717, 1.165) is 61.3 Å². The fourth-order valence-electron chi connectivity index (χ4n) is 3.60. The molecule has 30 heavy (non-hydrogen) atoms. The van der Waals surface area contributed by atoms with Crippen LogP contribution in [0.25, 0.3) is 0 Å². The molecule has 1 aromatic heterocycles. The lowest BCUT2D eigenvalue weighted by atomic mass is 9.96. The molecule has 7 nitrogen and oxygen atoms in total. The van der Waals surface area contributed by atoms with Crippen molar-refractivity contribution >= 4 is 29.3 Å². The number of carbonyl (C=O) groups is 1. The summed E-state index contributed by atoms with van der Waals surface area (Å²) in [5, 5.41) is 7.45. The molecule has 8 heteroatoms. The number of primary amides is 1. The molecule has 0 bridgehead atoms. The van der Waals surface area contributed by atoms with Crippen LogP contribution < -0.4 is 21.3 Å². The lowest BCUT2D eigenvalue weighted by molar-refractivity contribution is -0.122. The van der Waals surface area contributed by atoms with Gasteiger partial charge in [0.2, 0.25) is 5.91 Å². The van der Waals surface area contributed by atoms with Crippen molar-refractivity contribution in [3.8, 4) is 0 Å². The first-order valence-electron chi connectivity index (χ1n) is 10.2. The predicted octanol–water partition coefficient (Wildman–Crippen LogP) is 2.34. The van der Waals surface area contributed by atoms with E-state index in [1.807, 2.05) is 30.3 Å². The van der Waals surface area contributed by atoms with Crippen LogP contribution in [0.5, 0.6) is 0 Å². The van der Waals surface area contributed by atoms with E-state index in [1.54, 1.807) is 13.2 Å². The Morgan fingerprint density at radius 3 is 2.63 bits per heavy atom. The highest BCUT2D eigenvalue weighted by molar-refractivity contribution is 6.30. The monoisotopic (exact) mass is 428 g/mol. The number of amides is 1. The number of aromatic nitrogens is 1. The summed E-state index contributed by atoms with van der Waals surface area (Å²) in [6.45, 7) is 2.94. The third-order valence-corrected chi connectivity index (χ3v) is 5.61. The summed E-state index contributed by atoms with van der Waals surface area (Å²) in [6, 6.07) is 11.9. The van der Waals surface area contributed by atoms with Crippen molar-refractivity contribution < 1.29 is 4.79 Å². The van der Waals surface area contributed by atoms with Gasteiger partial charge in [-0.25, -0.2) is 4.98 Å². The molecule has 1 aliphatic heterocycles. The molecule has 2 aromatic rings. The van der Waals surface area contributed by atoms with Gasteiger partial charge < -0.3 is 21.3 Å². The van der Waals surface area contributed by atoms with Crippen molar-refractivity contribution in [3.05, 3.63) is 58.7 Å². The molecule has 160 valence electrons. The van der Waals surface area contributed by atoms with Gasteiger partial charge in [0.25, 0.3) is 0 Å². The highest BCUT2D eigenvalue weighted by atomic mass is 35.5. The van der Waals surface area contributed by atoms with Crippen LogP contribution in [0.3, 0.4) is 0 Å². The minimum Gasteiger partial charge on any atom is -0.369 e. The van der Waals surface area contributed by atoms with E-state index in [1.165, 1.54) is 5.56 Å². The molecule has 0 unspecified atom stereocenters. The molecule has 1 saturated heterocycles. The van der Waals surface area contributed by atoms with Crippen molar-refractivity contribution in [2.45, 2.75) is 25.8 Å². The number of nitrogens with zero attached hydrogens (tertiary/aromatic N) is 3. The average molecular weight is 429 g/mol. The zero-order chi connectivity index (χ0) is 21.3. The summed E-state index contributed by atoms with van der Waals surface area (Å²) in [7, 11) is 1.76. The molecule has 0 spiro atoms. The summed E-state index contributed by atoms with van der Waals surface area (Å²) in [5.41, 5.74) is 7.76. The number of carbonyl (C=O) groups excluding carboxylic acids is 1. The predicted molar refractivity (Wildman–Crippen MR) is 122 cm³/mol. The maximum Gasteiger partial charge on any atom is 0.220 e. The molecule has 3 rings (SSSR count). The molecular weight excluding hydrogens is 400 g/mol. The Balaban J connectivity index is 1.52. The van der Waals surface area contributed by atoms with E-state index in [-0.39, 0.29) is 11.8 Å². The number of nitrogens with one attached hydrogen (secondary N) is 2. The first-order chi connectivity index (χ1) is 14.6. The van der Waals surface area contributed by atoms with Crippen molar-refractivity contribution in [2.24, 2.45) is 16.6 Å². The summed E-state index contributed by atoms with van der Waals surface area (Å²) >= 11 is 5.93. The lowest BCUT2D eigenvalue weighted by Crippen LogP contribution is -2.40. The molecular formula is C22H29ClN6O. The average Bonchev–Trinajstić information content (AvgIpc) is 2.77. The standard InChI is InChI=1S/C22H29ClN6O/c1-25-22(27-12-8-16-4-6-19(23)7-5-16)28-15-18-3-2-11-26-21(18)29-13-9-17(10-14-29)20(24)30/h2-7,11,17H,8-10,12-15H2,1H3,(H2,24,30)(H2,25,27,28). The van der Waals surface area contributed by atoms with Crippen LogP contribution in [-0.4, -0.2) is 43.5 Å². The Labute approximate surface area is 182 Å². The number of piperidine rings is 1. The van der Waals surface area contributed by atoms with Crippen LogP contribution in [-0.2, 0) is 17.8 Å². The molecule has 0 atom stereocenters. The number of anilines is 1. The Morgan fingerprint density at radius 1 is 1.23 bits per heavy atom. The van der Waals surface area contributed by atoms with Gasteiger partial charge in [-0.15, -0.1) is 0 Å². The molecule has 2 heterocycles. The van der Waals surface area contributed by atoms with E-state index in [0.29, 0.717) is 6.54 Å². The second-order valence-corrected chi connectivity index (χ2v) is 7.82. The number of halogens is 1. The van der Waals surface area contributed by atoms with Crippen LogP contribution >= 0.6 is 11.6 Å². The quantitative estimate of drug-likeness (QED) is 0.464. The van der Waals surface area contributed by atoms with Crippen molar-refractivity contribution in [2.75, 3.05) is 31.6 Å². The largest absolute Gasteiger partial charge is 0.369 e. The van der Waals surface area contributed by atoms with Crippen LogP contribution in [0.4, 0.5) is 5.82 Å². The highest BCUT2D eigenvalue weighted by Crippen LogP contribution is 2.24. The third kappa shape index (κ3) is 6.10. The summed E-state index contributed by atoms with van der Waals surface area (Å²) in [4.78, 5) is 22.5. The molecule has 1 aromatic carbocycles. The number of benzene rings is 1. The number of aliphatic imine (C=N–C) groups is 1. The lowest BCUT2D eigenvalue weighted by Gasteiger charge is -2.32. The van der Waals surface area contributed by atoms with Crippen molar-refractivity contribution in [3.63, 3.8) is 0 Å². The van der Waals surface area contributed by atoms with Gasteiger partial charge in [0.1, 0.15) is 5.82 Å². The Hall–Kier alpha value is -2.80. The number of pyridine rings is 1. The van der Waals surface area contributed by atoms with E-state index in [9.17, 15) is 4.79 Å². The van der Waals surface area contributed by atoms with Crippen molar-refractivity contribution in [1.82, 2.24) is 15.6 Å². The van der Waals surface area contributed by atoms with E-state index < -0.39 is 0 Å². The Kier molecular flexibility index (Phi) is 7.90. The third-order valence-electron chi connectivity index (χ3n) is 5.35. The fraction of sp³-hybridized carbons (Fsp3) is 0.409. The van der Waals surface area contributed by atoms with E-state index >= 15 is 0 Å². The summed E-state index contributed by atoms with van der Waals surface area (Å²) < 4.78 is 0. The van der Waals surface area contributed by atoms with E-state index in [4.69, 9.17) is 17.3 Å². The summed E-state index contributed by atoms with van der Waals surface area (Å²) in [6.07, 6.45) is 4.22. The zero-order valence-corrected chi connectivity index (χ0v) is 18.0. The normalized spacial score (nSPS) is 15.1.